The second-order valence-electron chi connectivity index (χ2n) is 4.22. The monoisotopic (exact) mass is 267 g/mol. The number of phenolic OH excluding ortho intramolecular Hbond substituents is 1. The van der Waals surface area contributed by atoms with Crippen LogP contribution in [0.2, 0.25) is 0 Å². The zero-order chi connectivity index (χ0) is 14.5. The summed E-state index contributed by atoms with van der Waals surface area (Å²) in [5, 5.41) is 23.6. The van der Waals surface area contributed by atoms with Gasteiger partial charge in [-0.15, -0.1) is 0 Å². The van der Waals surface area contributed by atoms with E-state index in [0.29, 0.717) is 22.5 Å². The number of nitrogens with one attached hydrogen (secondary N) is 2. The lowest BCUT2D eigenvalue weighted by atomic mass is 10.2. The highest BCUT2D eigenvalue weighted by molar-refractivity contribution is 6.00. The summed E-state index contributed by atoms with van der Waals surface area (Å²) in [6, 6.07) is 13.1. The normalized spacial score (nSPS) is 9.60. The zero-order valence-electron chi connectivity index (χ0n) is 10.8. The van der Waals surface area contributed by atoms with E-state index in [0.717, 1.165) is 0 Å². The molecule has 0 aromatic heterocycles. The first kappa shape index (κ1) is 13.4. The predicted molar refractivity (Wildman–Crippen MR) is 76.6 cm³/mol. The van der Waals surface area contributed by atoms with Crippen LogP contribution in [0.15, 0.2) is 42.5 Å². The minimum Gasteiger partial charge on any atom is -0.508 e. The van der Waals surface area contributed by atoms with Crippen molar-refractivity contribution in [3.63, 3.8) is 0 Å². The fourth-order valence-electron chi connectivity index (χ4n) is 1.71. The number of nitriles is 1. The predicted octanol–water partition coefficient (Wildman–Crippen LogP) is 3.22. The molecule has 2 aromatic rings. The third kappa shape index (κ3) is 3.06. The Morgan fingerprint density at radius 1 is 1.20 bits per heavy atom. The van der Waals surface area contributed by atoms with Crippen molar-refractivity contribution in [2.24, 2.45) is 0 Å². The van der Waals surface area contributed by atoms with Crippen molar-refractivity contribution in [3.8, 4) is 11.8 Å². The molecule has 2 amide bonds. The van der Waals surface area contributed by atoms with Gasteiger partial charge in [0, 0.05) is 16.9 Å². The molecule has 2 rings (SSSR count). The molecule has 0 unspecified atom stereocenters. The van der Waals surface area contributed by atoms with Crippen LogP contribution in [0, 0.1) is 18.3 Å². The van der Waals surface area contributed by atoms with Crippen LogP contribution < -0.4 is 10.6 Å². The first-order chi connectivity index (χ1) is 9.60. The standard InChI is InChI=1S/C15H13N3O2/c1-10-13(6-3-7-14(10)19)18-15(20)17-12-5-2-4-11(8-12)9-16/h2-8,19H,1H3,(H2,17,18,20). The number of urea groups is 1. The fourth-order valence-corrected chi connectivity index (χ4v) is 1.71. The molecule has 0 aliphatic carbocycles. The number of anilines is 2. The van der Waals surface area contributed by atoms with E-state index < -0.39 is 6.03 Å². The molecule has 0 fully saturated rings. The number of carbonyl (C=O) groups excluding carboxylic acids is 1. The number of benzene rings is 2. The van der Waals surface area contributed by atoms with E-state index in [1.807, 2.05) is 6.07 Å². The molecule has 5 nitrogen and oxygen atoms in total. The SMILES string of the molecule is Cc1c(O)cccc1NC(=O)Nc1cccc(C#N)c1. The summed E-state index contributed by atoms with van der Waals surface area (Å²) in [4.78, 5) is 11.9. The van der Waals surface area contributed by atoms with Gasteiger partial charge in [0.25, 0.3) is 0 Å². The van der Waals surface area contributed by atoms with Gasteiger partial charge in [0.2, 0.25) is 0 Å². The Labute approximate surface area is 116 Å². The van der Waals surface area contributed by atoms with Gasteiger partial charge in [-0.3, -0.25) is 0 Å². The van der Waals surface area contributed by atoms with Crippen LogP contribution in [0.5, 0.6) is 5.75 Å². The second kappa shape index (κ2) is 5.76. The molecule has 0 bridgehead atoms. The molecule has 0 aliphatic heterocycles. The van der Waals surface area contributed by atoms with E-state index in [1.165, 1.54) is 0 Å². The molecule has 2 aromatic carbocycles. The van der Waals surface area contributed by atoms with Crippen molar-refractivity contribution in [1.82, 2.24) is 0 Å². The first-order valence-electron chi connectivity index (χ1n) is 5.97. The number of amides is 2. The quantitative estimate of drug-likeness (QED) is 0.781. The summed E-state index contributed by atoms with van der Waals surface area (Å²) in [5.41, 5.74) is 2.11. The van der Waals surface area contributed by atoms with Crippen molar-refractivity contribution in [2.45, 2.75) is 6.92 Å². The Bertz CT molecular complexity index is 690. The minimum atomic E-state index is -0.436. The molecule has 0 aliphatic rings. The number of rotatable bonds is 2. The van der Waals surface area contributed by atoms with Crippen LogP contribution in [0.1, 0.15) is 11.1 Å². The number of phenols is 1. The smallest absolute Gasteiger partial charge is 0.323 e. The van der Waals surface area contributed by atoms with Crippen LogP contribution in [0.4, 0.5) is 16.2 Å². The molecular weight excluding hydrogens is 254 g/mol. The van der Waals surface area contributed by atoms with E-state index in [4.69, 9.17) is 5.26 Å². The third-order valence-electron chi connectivity index (χ3n) is 2.80. The van der Waals surface area contributed by atoms with Gasteiger partial charge in [-0.1, -0.05) is 12.1 Å². The average molecular weight is 267 g/mol. The molecule has 3 N–H and O–H groups in total. The summed E-state index contributed by atoms with van der Waals surface area (Å²) in [5.74, 6) is 0.120. The number of hydrogen-bond acceptors (Lipinski definition) is 3. The first-order valence-corrected chi connectivity index (χ1v) is 5.97. The van der Waals surface area contributed by atoms with Crippen molar-refractivity contribution in [2.75, 3.05) is 10.6 Å². The number of nitrogens with zero attached hydrogens (tertiary/aromatic N) is 1. The van der Waals surface area contributed by atoms with Gasteiger partial charge < -0.3 is 15.7 Å². The van der Waals surface area contributed by atoms with Crippen LogP contribution in [-0.2, 0) is 0 Å². The van der Waals surface area contributed by atoms with Gasteiger partial charge in [-0.05, 0) is 37.3 Å². The maximum atomic E-state index is 11.9. The Balaban J connectivity index is 2.09. The number of carbonyl (C=O) groups is 1. The summed E-state index contributed by atoms with van der Waals surface area (Å²) in [6.07, 6.45) is 0. The van der Waals surface area contributed by atoms with Crippen molar-refractivity contribution < 1.29 is 9.90 Å². The van der Waals surface area contributed by atoms with Gasteiger partial charge in [0.15, 0.2) is 0 Å². The Morgan fingerprint density at radius 3 is 2.70 bits per heavy atom. The molecule has 20 heavy (non-hydrogen) atoms. The molecule has 0 radical (unpaired) electrons. The average Bonchev–Trinajstić information content (AvgIpc) is 2.44. The van der Waals surface area contributed by atoms with Crippen LogP contribution in [0.3, 0.4) is 0 Å². The molecule has 0 heterocycles. The highest BCUT2D eigenvalue weighted by Crippen LogP contribution is 2.24. The molecule has 0 saturated carbocycles. The van der Waals surface area contributed by atoms with Crippen LogP contribution in [0.25, 0.3) is 0 Å². The molecule has 0 atom stereocenters. The molecule has 5 heteroatoms. The van der Waals surface area contributed by atoms with Gasteiger partial charge >= 0.3 is 6.03 Å². The van der Waals surface area contributed by atoms with Crippen LogP contribution in [-0.4, -0.2) is 11.1 Å². The Hall–Kier alpha value is -3.00. The molecular formula is C15H13N3O2. The van der Waals surface area contributed by atoms with E-state index >= 15 is 0 Å². The minimum absolute atomic E-state index is 0.120. The highest BCUT2D eigenvalue weighted by atomic mass is 16.3. The molecule has 0 saturated heterocycles. The Kier molecular flexibility index (Phi) is 3.87. The van der Waals surface area contributed by atoms with Gasteiger partial charge in [-0.25, -0.2) is 4.79 Å². The van der Waals surface area contributed by atoms with E-state index in [9.17, 15) is 9.90 Å². The lowest BCUT2D eigenvalue weighted by Crippen LogP contribution is -2.19. The molecule has 100 valence electrons. The zero-order valence-corrected chi connectivity index (χ0v) is 10.8. The van der Waals surface area contributed by atoms with E-state index in [1.54, 1.807) is 49.4 Å². The molecule has 0 spiro atoms. The van der Waals surface area contributed by atoms with E-state index in [2.05, 4.69) is 10.6 Å². The lowest BCUT2D eigenvalue weighted by molar-refractivity contribution is 0.262. The number of hydrogen-bond donors (Lipinski definition) is 3. The van der Waals surface area contributed by atoms with Gasteiger partial charge in [0.1, 0.15) is 5.75 Å². The maximum Gasteiger partial charge on any atom is 0.323 e. The van der Waals surface area contributed by atoms with Gasteiger partial charge in [0.05, 0.1) is 11.6 Å². The highest BCUT2D eigenvalue weighted by Gasteiger charge is 2.07. The summed E-state index contributed by atoms with van der Waals surface area (Å²) in [7, 11) is 0. The third-order valence-corrected chi connectivity index (χ3v) is 2.80. The summed E-state index contributed by atoms with van der Waals surface area (Å²) >= 11 is 0. The largest absolute Gasteiger partial charge is 0.508 e. The van der Waals surface area contributed by atoms with Crippen molar-refractivity contribution in [1.29, 1.82) is 5.26 Å². The fraction of sp³-hybridized carbons (Fsp3) is 0.0667. The van der Waals surface area contributed by atoms with Crippen molar-refractivity contribution >= 4 is 17.4 Å². The topological polar surface area (TPSA) is 85.2 Å². The second-order valence-corrected chi connectivity index (χ2v) is 4.22. The number of aromatic hydroxyl groups is 1. The van der Waals surface area contributed by atoms with Crippen LogP contribution >= 0.6 is 0 Å². The summed E-state index contributed by atoms with van der Waals surface area (Å²) < 4.78 is 0. The maximum absolute atomic E-state index is 11.9. The van der Waals surface area contributed by atoms with Gasteiger partial charge in [-0.2, -0.15) is 5.26 Å². The van der Waals surface area contributed by atoms with Crippen molar-refractivity contribution in [3.05, 3.63) is 53.6 Å². The lowest BCUT2D eigenvalue weighted by Gasteiger charge is -2.10. The summed E-state index contributed by atoms with van der Waals surface area (Å²) in [6.45, 7) is 1.71. The van der Waals surface area contributed by atoms with E-state index in [-0.39, 0.29) is 5.75 Å². The Morgan fingerprint density at radius 2 is 1.95 bits per heavy atom.